The van der Waals surface area contributed by atoms with Crippen LogP contribution in [-0.4, -0.2) is 41.7 Å². The number of amides is 1. The first-order valence-electron chi connectivity index (χ1n) is 13.6. The highest BCUT2D eigenvalue weighted by atomic mass is 32.2. The molecule has 1 amide bonds. The molecule has 4 aromatic rings. The van der Waals surface area contributed by atoms with Gasteiger partial charge in [-0.05, 0) is 73.4 Å². The van der Waals surface area contributed by atoms with Gasteiger partial charge in [0.2, 0.25) is 10.0 Å². The number of rotatable bonds is 13. The van der Waals surface area contributed by atoms with Gasteiger partial charge in [0.15, 0.2) is 5.13 Å². The minimum absolute atomic E-state index is 0.203. The fraction of sp³-hybridized carbons (Fsp3) is 0.367. The lowest BCUT2D eigenvalue weighted by Crippen LogP contribution is -2.33. The molecule has 2 heterocycles. The predicted octanol–water partition coefficient (Wildman–Crippen LogP) is 6.69. The molecule has 2 aromatic heterocycles. The number of nitrogens with zero attached hydrogens (tertiary/aromatic N) is 4. The molecule has 0 saturated heterocycles. The second kappa shape index (κ2) is 13.3. The molecule has 0 aliphatic carbocycles. The molecule has 0 aliphatic rings. The van der Waals surface area contributed by atoms with E-state index >= 15 is 0 Å². The summed E-state index contributed by atoms with van der Waals surface area (Å²) >= 11 is 1.47. The summed E-state index contributed by atoms with van der Waals surface area (Å²) < 4.78 is 29.4. The van der Waals surface area contributed by atoms with Gasteiger partial charge in [-0.3, -0.25) is 14.7 Å². The molecule has 2 aromatic carbocycles. The van der Waals surface area contributed by atoms with Gasteiger partial charge in [-0.2, -0.15) is 4.31 Å². The number of aromatic nitrogens is 2. The Bertz CT molecular complexity index is 1480. The average Bonchev–Trinajstić information content (AvgIpc) is 3.39. The summed E-state index contributed by atoms with van der Waals surface area (Å²) in [6.07, 6.45) is 6.08. The fourth-order valence-electron chi connectivity index (χ4n) is 4.27. The maximum absolute atomic E-state index is 13.8. The van der Waals surface area contributed by atoms with Crippen molar-refractivity contribution >= 4 is 42.6 Å². The third kappa shape index (κ3) is 6.90. The summed E-state index contributed by atoms with van der Waals surface area (Å²) in [6, 6.07) is 18.0. The molecule has 4 rings (SSSR count). The van der Waals surface area contributed by atoms with Crippen LogP contribution in [-0.2, 0) is 23.0 Å². The van der Waals surface area contributed by atoms with Crippen LogP contribution in [0.4, 0.5) is 5.13 Å². The van der Waals surface area contributed by atoms with Crippen molar-refractivity contribution in [2.24, 2.45) is 0 Å². The van der Waals surface area contributed by atoms with Crippen molar-refractivity contribution in [1.29, 1.82) is 0 Å². The van der Waals surface area contributed by atoms with Crippen LogP contribution in [0.3, 0.4) is 0 Å². The molecule has 39 heavy (non-hydrogen) atoms. The number of pyridine rings is 1. The Hall–Kier alpha value is -3.14. The van der Waals surface area contributed by atoms with Crippen LogP contribution in [0.5, 0.6) is 0 Å². The lowest BCUT2D eigenvalue weighted by Gasteiger charge is -2.22. The van der Waals surface area contributed by atoms with Crippen molar-refractivity contribution in [3.63, 3.8) is 0 Å². The quantitative estimate of drug-likeness (QED) is 0.181. The highest BCUT2D eigenvalue weighted by Crippen LogP contribution is 2.32. The fourth-order valence-corrected chi connectivity index (χ4v) is 6.81. The topological polar surface area (TPSA) is 83.5 Å². The van der Waals surface area contributed by atoms with Crippen molar-refractivity contribution < 1.29 is 13.2 Å². The number of hydrogen-bond donors (Lipinski definition) is 0. The van der Waals surface area contributed by atoms with E-state index in [9.17, 15) is 13.2 Å². The molecule has 7 nitrogen and oxygen atoms in total. The van der Waals surface area contributed by atoms with Crippen LogP contribution in [0.25, 0.3) is 10.2 Å². The molecular weight excluding hydrogens is 528 g/mol. The Labute approximate surface area is 235 Å². The van der Waals surface area contributed by atoms with Gasteiger partial charge in [0.05, 0.1) is 27.4 Å². The summed E-state index contributed by atoms with van der Waals surface area (Å²) in [4.78, 5) is 24.8. The molecule has 0 unspecified atom stereocenters. The number of anilines is 1. The van der Waals surface area contributed by atoms with E-state index in [1.165, 1.54) is 29.0 Å². The monoisotopic (exact) mass is 564 g/mol. The van der Waals surface area contributed by atoms with E-state index in [0.29, 0.717) is 23.8 Å². The zero-order chi connectivity index (χ0) is 27.8. The smallest absolute Gasteiger partial charge is 0.260 e. The maximum Gasteiger partial charge on any atom is 0.260 e. The highest BCUT2D eigenvalue weighted by Gasteiger charge is 2.26. The molecule has 0 spiro atoms. The molecule has 0 saturated carbocycles. The van der Waals surface area contributed by atoms with Gasteiger partial charge >= 0.3 is 0 Å². The van der Waals surface area contributed by atoms with Crippen molar-refractivity contribution in [1.82, 2.24) is 14.3 Å². The van der Waals surface area contributed by atoms with Gasteiger partial charge in [0.25, 0.3) is 5.91 Å². The van der Waals surface area contributed by atoms with E-state index in [0.717, 1.165) is 48.0 Å². The highest BCUT2D eigenvalue weighted by molar-refractivity contribution is 7.89. The summed E-state index contributed by atoms with van der Waals surface area (Å²) in [5, 5.41) is 0.580. The molecule has 9 heteroatoms. The SMILES string of the molecule is CCCCN(CCCC)S(=O)(=O)c1ccc(C(=O)N(Cc2ccccn2)c2nc3ccc(CC)cc3s2)cc1. The van der Waals surface area contributed by atoms with Crippen molar-refractivity contribution in [2.75, 3.05) is 18.0 Å². The van der Waals surface area contributed by atoms with E-state index in [4.69, 9.17) is 4.98 Å². The summed E-state index contributed by atoms with van der Waals surface area (Å²) in [5.41, 5.74) is 3.18. The van der Waals surface area contributed by atoms with Crippen molar-refractivity contribution in [3.05, 3.63) is 83.7 Å². The van der Waals surface area contributed by atoms with E-state index in [2.05, 4.69) is 37.9 Å². The number of thiazole rings is 1. The Balaban J connectivity index is 1.65. The Morgan fingerprint density at radius 2 is 1.64 bits per heavy atom. The standard InChI is InChI=1S/C30H36N4O3S2/c1-4-7-19-33(20-8-5-2)39(36,37)26-15-13-24(14-16-26)29(35)34(22-25-11-9-10-18-31-25)30-32-27-17-12-23(6-3)21-28(27)38-30/h9-18,21H,4-8,19-20,22H2,1-3H3. The number of sulfonamides is 1. The lowest BCUT2D eigenvalue weighted by atomic mass is 10.2. The van der Waals surface area contributed by atoms with Gasteiger partial charge in [0.1, 0.15) is 0 Å². The Morgan fingerprint density at radius 3 is 2.26 bits per heavy atom. The Kier molecular flexibility index (Phi) is 9.83. The number of aryl methyl sites for hydroxylation is 1. The van der Waals surface area contributed by atoms with Crippen LogP contribution in [0.2, 0.25) is 0 Å². The van der Waals surface area contributed by atoms with E-state index < -0.39 is 10.0 Å². The van der Waals surface area contributed by atoms with Crippen molar-refractivity contribution in [2.45, 2.75) is 64.3 Å². The van der Waals surface area contributed by atoms with Crippen LogP contribution in [0.1, 0.15) is 68.1 Å². The van der Waals surface area contributed by atoms with Crippen LogP contribution in [0, 0.1) is 0 Å². The van der Waals surface area contributed by atoms with E-state index in [1.807, 2.05) is 24.3 Å². The number of fused-ring (bicyclic) bond motifs is 1. The molecule has 0 bridgehead atoms. The molecule has 0 aliphatic heterocycles. The second-order valence-corrected chi connectivity index (χ2v) is 12.4. The summed E-state index contributed by atoms with van der Waals surface area (Å²) in [6.45, 7) is 7.45. The molecular formula is C30H36N4O3S2. The van der Waals surface area contributed by atoms with Crippen LogP contribution in [0.15, 0.2) is 71.8 Å². The summed E-state index contributed by atoms with van der Waals surface area (Å²) in [5.74, 6) is -0.256. The van der Waals surface area contributed by atoms with E-state index in [1.54, 1.807) is 27.5 Å². The number of unbranched alkanes of at least 4 members (excludes halogenated alkanes) is 2. The number of carbonyl (C=O) groups is 1. The number of hydrogen-bond acceptors (Lipinski definition) is 6. The van der Waals surface area contributed by atoms with Gasteiger partial charge < -0.3 is 0 Å². The predicted molar refractivity (Wildman–Crippen MR) is 159 cm³/mol. The van der Waals surface area contributed by atoms with E-state index in [-0.39, 0.29) is 17.3 Å². The molecule has 0 radical (unpaired) electrons. The first-order valence-corrected chi connectivity index (χ1v) is 15.8. The van der Waals surface area contributed by atoms with Crippen LogP contribution < -0.4 is 4.90 Å². The first-order chi connectivity index (χ1) is 18.9. The Morgan fingerprint density at radius 1 is 0.923 bits per heavy atom. The molecule has 0 fully saturated rings. The molecule has 206 valence electrons. The maximum atomic E-state index is 13.8. The third-order valence-corrected chi connectivity index (χ3v) is 9.59. The van der Waals surface area contributed by atoms with Crippen molar-refractivity contribution in [3.8, 4) is 0 Å². The third-order valence-electron chi connectivity index (χ3n) is 6.63. The zero-order valence-electron chi connectivity index (χ0n) is 22.8. The van der Waals surface area contributed by atoms with Gasteiger partial charge in [-0.1, -0.05) is 57.1 Å². The number of carbonyl (C=O) groups excluding carboxylic acids is 1. The minimum Gasteiger partial charge on any atom is -0.278 e. The summed E-state index contributed by atoms with van der Waals surface area (Å²) in [7, 11) is -3.64. The zero-order valence-corrected chi connectivity index (χ0v) is 24.5. The average molecular weight is 565 g/mol. The second-order valence-electron chi connectivity index (χ2n) is 9.50. The lowest BCUT2D eigenvalue weighted by molar-refractivity contribution is 0.0984. The minimum atomic E-state index is -3.64. The van der Waals surface area contributed by atoms with Gasteiger partial charge in [-0.25, -0.2) is 13.4 Å². The van der Waals surface area contributed by atoms with Crippen LogP contribution >= 0.6 is 11.3 Å². The molecule has 0 atom stereocenters. The molecule has 0 N–H and O–H groups in total. The van der Waals surface area contributed by atoms with Gasteiger partial charge in [-0.15, -0.1) is 0 Å². The first kappa shape index (κ1) is 28.9. The largest absolute Gasteiger partial charge is 0.278 e. The number of benzene rings is 2. The normalized spacial score (nSPS) is 11.8. The van der Waals surface area contributed by atoms with Gasteiger partial charge in [0, 0.05) is 24.8 Å².